The third-order valence-electron chi connectivity index (χ3n) is 4.29. The average Bonchev–Trinajstić information content (AvgIpc) is 3.06. The summed E-state index contributed by atoms with van der Waals surface area (Å²) in [6.07, 6.45) is 6.94. The molecule has 0 aromatic carbocycles. The Morgan fingerprint density at radius 3 is 2.64 bits per heavy atom. The number of aromatic amines is 1. The van der Waals surface area contributed by atoms with Gasteiger partial charge in [-0.25, -0.2) is 0 Å². The Balaban J connectivity index is 1.43. The van der Waals surface area contributed by atoms with E-state index in [1.54, 1.807) is 0 Å². The number of carbonyl (C=O) groups excluding carboxylic acids is 2. The van der Waals surface area contributed by atoms with Gasteiger partial charge in [0.15, 0.2) is 5.69 Å². The lowest BCUT2D eigenvalue weighted by atomic mass is 10.2. The van der Waals surface area contributed by atoms with E-state index in [9.17, 15) is 9.59 Å². The van der Waals surface area contributed by atoms with Crippen molar-refractivity contribution in [2.45, 2.75) is 56.9 Å². The summed E-state index contributed by atoms with van der Waals surface area (Å²) >= 11 is 6.18. The summed E-state index contributed by atoms with van der Waals surface area (Å²) < 4.78 is 0. The Morgan fingerprint density at radius 1 is 1.23 bits per heavy atom. The first-order valence-corrected chi connectivity index (χ1v) is 8.34. The van der Waals surface area contributed by atoms with Crippen molar-refractivity contribution in [3.05, 3.63) is 16.4 Å². The number of hydrogen-bond donors (Lipinski definition) is 3. The molecule has 3 rings (SSSR count). The van der Waals surface area contributed by atoms with Crippen LogP contribution in [-0.2, 0) is 4.79 Å². The molecule has 0 unspecified atom stereocenters. The van der Waals surface area contributed by atoms with Crippen LogP contribution >= 0.6 is 11.6 Å². The van der Waals surface area contributed by atoms with Gasteiger partial charge >= 0.3 is 0 Å². The van der Waals surface area contributed by atoms with Gasteiger partial charge in [0.05, 0.1) is 10.7 Å². The van der Waals surface area contributed by atoms with Crippen LogP contribution < -0.4 is 10.6 Å². The van der Waals surface area contributed by atoms with E-state index in [-0.39, 0.29) is 23.9 Å². The third-order valence-corrected chi connectivity index (χ3v) is 4.67. The quantitative estimate of drug-likeness (QED) is 0.749. The highest BCUT2D eigenvalue weighted by Gasteiger charge is 2.30. The molecule has 2 aliphatic rings. The molecule has 7 heteroatoms. The van der Waals surface area contributed by atoms with Crippen molar-refractivity contribution in [1.29, 1.82) is 0 Å². The molecule has 1 heterocycles. The molecule has 0 aliphatic heterocycles. The Bertz CT molecular complexity index is 562. The van der Waals surface area contributed by atoms with Crippen LogP contribution in [0.25, 0.3) is 0 Å². The molecule has 2 amide bonds. The van der Waals surface area contributed by atoms with Gasteiger partial charge in [-0.2, -0.15) is 5.10 Å². The van der Waals surface area contributed by atoms with Crippen molar-refractivity contribution < 1.29 is 9.59 Å². The van der Waals surface area contributed by atoms with Crippen LogP contribution in [0.4, 0.5) is 0 Å². The number of aromatic nitrogens is 2. The van der Waals surface area contributed by atoms with Gasteiger partial charge in [0.25, 0.3) is 5.91 Å². The zero-order valence-electron chi connectivity index (χ0n) is 12.5. The van der Waals surface area contributed by atoms with Gasteiger partial charge in [0.2, 0.25) is 5.91 Å². The van der Waals surface area contributed by atoms with Crippen LogP contribution in [0, 0.1) is 0 Å². The maximum atomic E-state index is 12.0. The van der Waals surface area contributed by atoms with Crippen molar-refractivity contribution in [2.75, 3.05) is 6.54 Å². The highest BCUT2D eigenvalue weighted by Crippen LogP contribution is 2.42. The molecule has 0 spiro atoms. The van der Waals surface area contributed by atoms with Gasteiger partial charge in [-0.1, -0.05) is 24.4 Å². The molecule has 120 valence electrons. The van der Waals surface area contributed by atoms with E-state index >= 15 is 0 Å². The minimum atomic E-state index is -0.332. The van der Waals surface area contributed by atoms with Crippen LogP contribution in [0.3, 0.4) is 0 Å². The summed E-state index contributed by atoms with van der Waals surface area (Å²) in [5.74, 6) is 0.0690. The van der Waals surface area contributed by atoms with Crippen molar-refractivity contribution in [2.24, 2.45) is 0 Å². The first kappa shape index (κ1) is 15.3. The van der Waals surface area contributed by atoms with Crippen LogP contribution in [0.2, 0.25) is 5.02 Å². The molecule has 0 radical (unpaired) electrons. The number of H-pyrrole nitrogens is 1. The zero-order valence-corrected chi connectivity index (χ0v) is 13.2. The summed E-state index contributed by atoms with van der Waals surface area (Å²) in [4.78, 5) is 23.8. The predicted octanol–water partition coefficient (Wildman–Crippen LogP) is 2.12. The molecule has 0 bridgehead atoms. The average molecular weight is 325 g/mol. The fraction of sp³-hybridized carbons (Fsp3) is 0.667. The van der Waals surface area contributed by atoms with E-state index < -0.39 is 0 Å². The molecule has 6 nitrogen and oxygen atoms in total. The fourth-order valence-corrected chi connectivity index (χ4v) is 3.20. The topological polar surface area (TPSA) is 86.9 Å². The lowest BCUT2D eigenvalue weighted by molar-refractivity contribution is -0.121. The molecular formula is C15H21ClN4O2. The van der Waals surface area contributed by atoms with Gasteiger partial charge in [0, 0.05) is 24.9 Å². The third kappa shape index (κ3) is 3.61. The monoisotopic (exact) mass is 324 g/mol. The minimum Gasteiger partial charge on any atom is -0.353 e. The number of rotatable bonds is 6. The van der Waals surface area contributed by atoms with E-state index in [0.29, 0.717) is 23.5 Å². The zero-order chi connectivity index (χ0) is 15.5. The Morgan fingerprint density at radius 2 is 1.95 bits per heavy atom. The summed E-state index contributed by atoms with van der Waals surface area (Å²) in [6.45, 7) is 0.291. The van der Waals surface area contributed by atoms with Crippen molar-refractivity contribution >= 4 is 23.4 Å². The largest absolute Gasteiger partial charge is 0.353 e. The predicted molar refractivity (Wildman–Crippen MR) is 82.9 cm³/mol. The Labute approximate surface area is 134 Å². The van der Waals surface area contributed by atoms with Gasteiger partial charge in [-0.3, -0.25) is 14.7 Å². The van der Waals surface area contributed by atoms with E-state index in [1.165, 1.54) is 12.8 Å². The first-order chi connectivity index (χ1) is 10.6. The lowest BCUT2D eigenvalue weighted by Crippen LogP contribution is -2.35. The van der Waals surface area contributed by atoms with Gasteiger partial charge < -0.3 is 10.6 Å². The molecule has 2 fully saturated rings. The summed E-state index contributed by atoms with van der Waals surface area (Å²) in [7, 11) is 0. The minimum absolute atomic E-state index is 0.0148. The van der Waals surface area contributed by atoms with Crippen molar-refractivity contribution in [3.63, 3.8) is 0 Å². The molecule has 2 saturated carbocycles. The van der Waals surface area contributed by atoms with Crippen LogP contribution in [0.15, 0.2) is 0 Å². The SMILES string of the molecule is O=C(CCNC(=O)c1n[nH]c(C2CC2)c1Cl)NC1CCCC1. The lowest BCUT2D eigenvalue weighted by Gasteiger charge is -2.11. The summed E-state index contributed by atoms with van der Waals surface area (Å²) in [6, 6.07) is 0.310. The molecule has 2 aliphatic carbocycles. The number of halogens is 1. The van der Waals surface area contributed by atoms with Crippen LogP contribution in [0.1, 0.15) is 67.0 Å². The Hall–Kier alpha value is -1.56. The second kappa shape index (κ2) is 6.69. The normalized spacial score (nSPS) is 18.4. The number of hydrogen-bond acceptors (Lipinski definition) is 3. The second-order valence-corrected chi connectivity index (χ2v) is 6.51. The fourth-order valence-electron chi connectivity index (χ4n) is 2.88. The molecule has 0 atom stereocenters. The number of nitrogens with one attached hydrogen (secondary N) is 3. The molecular weight excluding hydrogens is 304 g/mol. The maximum absolute atomic E-state index is 12.0. The van der Waals surface area contributed by atoms with Crippen LogP contribution in [0.5, 0.6) is 0 Å². The van der Waals surface area contributed by atoms with E-state index in [0.717, 1.165) is 31.4 Å². The smallest absolute Gasteiger partial charge is 0.273 e. The summed E-state index contributed by atoms with van der Waals surface area (Å²) in [5, 5.41) is 12.9. The summed E-state index contributed by atoms with van der Waals surface area (Å²) in [5.41, 5.74) is 1.07. The first-order valence-electron chi connectivity index (χ1n) is 7.96. The van der Waals surface area contributed by atoms with Crippen LogP contribution in [-0.4, -0.2) is 34.6 Å². The number of nitrogens with zero attached hydrogens (tertiary/aromatic N) is 1. The highest BCUT2D eigenvalue weighted by molar-refractivity contribution is 6.34. The molecule has 22 heavy (non-hydrogen) atoms. The van der Waals surface area contributed by atoms with E-state index in [1.807, 2.05) is 0 Å². The molecule has 1 aromatic heterocycles. The molecule has 3 N–H and O–H groups in total. The van der Waals surface area contributed by atoms with E-state index in [4.69, 9.17) is 11.6 Å². The molecule has 0 saturated heterocycles. The maximum Gasteiger partial charge on any atom is 0.273 e. The second-order valence-electron chi connectivity index (χ2n) is 6.13. The standard InChI is InChI=1S/C15H21ClN4O2/c16-12-13(9-5-6-9)19-20-14(12)15(22)17-8-7-11(21)18-10-3-1-2-4-10/h9-10H,1-8H2,(H,17,22)(H,18,21)(H,19,20). The van der Waals surface area contributed by atoms with Gasteiger partial charge in [0.1, 0.15) is 0 Å². The van der Waals surface area contributed by atoms with E-state index in [2.05, 4.69) is 20.8 Å². The van der Waals surface area contributed by atoms with Gasteiger partial charge in [-0.15, -0.1) is 0 Å². The van der Waals surface area contributed by atoms with Crippen molar-refractivity contribution in [3.8, 4) is 0 Å². The Kier molecular flexibility index (Phi) is 4.66. The van der Waals surface area contributed by atoms with Gasteiger partial charge in [-0.05, 0) is 25.7 Å². The highest BCUT2D eigenvalue weighted by atomic mass is 35.5. The van der Waals surface area contributed by atoms with Crippen molar-refractivity contribution in [1.82, 2.24) is 20.8 Å². The number of amides is 2. The molecule has 1 aromatic rings. The number of carbonyl (C=O) groups is 2.